The van der Waals surface area contributed by atoms with Crippen LogP contribution in [-0.4, -0.2) is 65.9 Å². The molecule has 10 nitrogen and oxygen atoms in total. The van der Waals surface area contributed by atoms with E-state index in [-0.39, 0.29) is 11.6 Å². The molecule has 0 unspecified atom stereocenters. The van der Waals surface area contributed by atoms with Crippen molar-refractivity contribution in [3.63, 3.8) is 0 Å². The topological polar surface area (TPSA) is 103 Å². The normalized spacial score (nSPS) is 13.3. The Bertz CT molecular complexity index is 1560. The second kappa shape index (κ2) is 11.1. The number of hydrogen-bond acceptors (Lipinski definition) is 7. The van der Waals surface area contributed by atoms with Crippen molar-refractivity contribution < 1.29 is 19.2 Å². The van der Waals surface area contributed by atoms with E-state index in [0.29, 0.717) is 49.1 Å². The number of piperazine rings is 1. The van der Waals surface area contributed by atoms with Crippen LogP contribution in [-0.2, 0) is 0 Å². The molecule has 0 atom stereocenters. The number of carbonyl (C=O) groups excluding carboxylic acids is 1. The number of benzene rings is 3. The summed E-state index contributed by atoms with van der Waals surface area (Å²) in [6.07, 6.45) is 0. The number of aryl methyl sites for hydroxylation is 2. The van der Waals surface area contributed by atoms with Crippen molar-refractivity contribution in [2.75, 3.05) is 45.3 Å². The Hall–Kier alpha value is -4.86. The highest BCUT2D eigenvalue weighted by Crippen LogP contribution is 2.34. The molecule has 0 bridgehead atoms. The minimum Gasteiger partial charge on any atom is -0.497 e. The molecule has 1 aliphatic rings. The molecule has 0 saturated carbocycles. The Balaban J connectivity index is 1.46. The van der Waals surface area contributed by atoms with Crippen molar-refractivity contribution in [2.45, 2.75) is 13.8 Å². The first-order chi connectivity index (χ1) is 19.3. The number of anilines is 1. The van der Waals surface area contributed by atoms with Crippen LogP contribution in [0.25, 0.3) is 16.9 Å². The number of non-ortho nitro benzene ring substituents is 1. The fourth-order valence-corrected chi connectivity index (χ4v) is 4.92. The molecule has 1 fully saturated rings. The molecule has 1 aromatic heterocycles. The molecule has 0 spiro atoms. The number of amides is 1. The zero-order valence-electron chi connectivity index (χ0n) is 23.0. The molecule has 2 heterocycles. The molecular weight excluding hydrogens is 510 g/mol. The van der Waals surface area contributed by atoms with Crippen molar-refractivity contribution in [2.24, 2.45) is 0 Å². The van der Waals surface area contributed by atoms with E-state index in [1.54, 1.807) is 37.1 Å². The first-order valence-corrected chi connectivity index (χ1v) is 13.0. The van der Waals surface area contributed by atoms with E-state index in [4.69, 9.17) is 14.6 Å². The van der Waals surface area contributed by atoms with Crippen molar-refractivity contribution in [1.29, 1.82) is 0 Å². The van der Waals surface area contributed by atoms with Crippen LogP contribution in [0.2, 0.25) is 0 Å². The highest BCUT2D eigenvalue weighted by molar-refractivity contribution is 5.95. The van der Waals surface area contributed by atoms with Crippen molar-refractivity contribution in [3.8, 4) is 28.4 Å². The van der Waals surface area contributed by atoms with Gasteiger partial charge >= 0.3 is 0 Å². The van der Waals surface area contributed by atoms with Crippen LogP contribution in [0.4, 0.5) is 11.4 Å². The van der Waals surface area contributed by atoms with Crippen molar-refractivity contribution >= 4 is 17.3 Å². The number of nitro benzene ring substituents is 1. The Morgan fingerprint density at radius 1 is 0.900 bits per heavy atom. The van der Waals surface area contributed by atoms with E-state index in [9.17, 15) is 14.9 Å². The second-order valence-electron chi connectivity index (χ2n) is 9.74. The molecule has 0 aliphatic carbocycles. The van der Waals surface area contributed by atoms with E-state index in [1.165, 1.54) is 12.1 Å². The summed E-state index contributed by atoms with van der Waals surface area (Å²) in [5.74, 6) is 1.15. The summed E-state index contributed by atoms with van der Waals surface area (Å²) in [5.41, 5.74) is 5.69. The summed E-state index contributed by atoms with van der Waals surface area (Å²) in [6.45, 7) is 6.25. The molecule has 0 radical (unpaired) electrons. The van der Waals surface area contributed by atoms with Gasteiger partial charge in [0.15, 0.2) is 0 Å². The Labute approximate surface area is 232 Å². The second-order valence-corrected chi connectivity index (χ2v) is 9.74. The molecule has 10 heteroatoms. The predicted molar refractivity (Wildman–Crippen MR) is 153 cm³/mol. The predicted octanol–water partition coefficient (Wildman–Crippen LogP) is 5.04. The van der Waals surface area contributed by atoms with Gasteiger partial charge in [-0.15, -0.1) is 0 Å². The molecule has 1 saturated heterocycles. The van der Waals surface area contributed by atoms with Crippen LogP contribution in [0.15, 0.2) is 66.7 Å². The summed E-state index contributed by atoms with van der Waals surface area (Å²) in [5, 5.41) is 15.9. The zero-order chi connectivity index (χ0) is 28.4. The lowest BCUT2D eigenvalue weighted by Gasteiger charge is -2.36. The van der Waals surface area contributed by atoms with Gasteiger partial charge in [0.1, 0.15) is 17.2 Å². The van der Waals surface area contributed by atoms with Crippen LogP contribution in [0.5, 0.6) is 11.5 Å². The fourth-order valence-electron chi connectivity index (χ4n) is 4.92. The van der Waals surface area contributed by atoms with Gasteiger partial charge in [-0.25, -0.2) is 4.68 Å². The van der Waals surface area contributed by atoms with Crippen LogP contribution < -0.4 is 14.4 Å². The van der Waals surface area contributed by atoms with Gasteiger partial charge in [-0.05, 0) is 61.4 Å². The first kappa shape index (κ1) is 26.7. The average Bonchev–Trinajstić information content (AvgIpc) is 3.42. The van der Waals surface area contributed by atoms with Crippen LogP contribution >= 0.6 is 0 Å². The maximum absolute atomic E-state index is 14.0. The number of ether oxygens (including phenoxy) is 2. The number of nitro groups is 1. The number of carbonyl (C=O) groups is 1. The molecule has 1 amide bonds. The smallest absolute Gasteiger partial charge is 0.272 e. The molecule has 40 heavy (non-hydrogen) atoms. The minimum atomic E-state index is -0.407. The standard InChI is InChI=1S/C30H31N5O5/c1-20-5-6-21(2)27(17-20)34-28(19-26(31-34)25-12-11-24(39-3)18-29(25)40-4)30(36)33-15-13-32(14-16-33)22-7-9-23(10-8-22)35(37)38/h5-12,17-19H,13-16H2,1-4H3. The third-order valence-electron chi connectivity index (χ3n) is 7.20. The molecular formula is C30H31N5O5. The number of hydrogen-bond donors (Lipinski definition) is 0. The zero-order valence-corrected chi connectivity index (χ0v) is 23.0. The highest BCUT2D eigenvalue weighted by Gasteiger charge is 2.27. The Morgan fingerprint density at radius 2 is 1.62 bits per heavy atom. The summed E-state index contributed by atoms with van der Waals surface area (Å²) in [6, 6.07) is 19.9. The maximum Gasteiger partial charge on any atom is 0.272 e. The van der Waals surface area contributed by atoms with Gasteiger partial charge in [0.25, 0.3) is 11.6 Å². The first-order valence-electron chi connectivity index (χ1n) is 13.0. The number of methoxy groups -OCH3 is 2. The lowest BCUT2D eigenvalue weighted by atomic mass is 10.1. The third-order valence-corrected chi connectivity index (χ3v) is 7.20. The summed E-state index contributed by atoms with van der Waals surface area (Å²) < 4.78 is 12.7. The van der Waals surface area contributed by atoms with Gasteiger partial charge in [-0.1, -0.05) is 12.1 Å². The third kappa shape index (κ3) is 5.20. The number of nitrogens with zero attached hydrogens (tertiary/aromatic N) is 5. The lowest BCUT2D eigenvalue weighted by Crippen LogP contribution is -2.49. The van der Waals surface area contributed by atoms with Crippen LogP contribution in [0.1, 0.15) is 21.6 Å². The van der Waals surface area contributed by atoms with E-state index >= 15 is 0 Å². The maximum atomic E-state index is 14.0. The number of rotatable bonds is 7. The summed E-state index contributed by atoms with van der Waals surface area (Å²) in [7, 11) is 3.19. The van der Waals surface area contributed by atoms with Crippen LogP contribution in [0.3, 0.4) is 0 Å². The molecule has 0 N–H and O–H groups in total. The molecule has 5 rings (SSSR count). The number of aromatic nitrogens is 2. The van der Waals surface area contributed by atoms with E-state index in [0.717, 1.165) is 28.1 Å². The average molecular weight is 542 g/mol. The highest BCUT2D eigenvalue weighted by atomic mass is 16.6. The minimum absolute atomic E-state index is 0.0570. The van der Waals surface area contributed by atoms with Crippen LogP contribution in [0, 0.1) is 24.0 Å². The molecule has 4 aromatic rings. The van der Waals surface area contributed by atoms with Crippen molar-refractivity contribution in [3.05, 3.63) is 93.7 Å². The summed E-state index contributed by atoms with van der Waals surface area (Å²) in [4.78, 5) is 28.5. The summed E-state index contributed by atoms with van der Waals surface area (Å²) >= 11 is 0. The van der Waals surface area contributed by atoms with Gasteiger partial charge in [-0.2, -0.15) is 5.10 Å². The molecule has 206 valence electrons. The van der Waals surface area contributed by atoms with Gasteiger partial charge in [0, 0.05) is 55.6 Å². The fraction of sp³-hybridized carbons (Fsp3) is 0.267. The monoisotopic (exact) mass is 541 g/mol. The molecule has 1 aliphatic heterocycles. The van der Waals surface area contributed by atoms with Gasteiger partial charge < -0.3 is 19.3 Å². The Kier molecular flexibility index (Phi) is 7.41. The van der Waals surface area contributed by atoms with Gasteiger partial charge in [0.2, 0.25) is 0 Å². The lowest BCUT2D eigenvalue weighted by molar-refractivity contribution is -0.384. The van der Waals surface area contributed by atoms with E-state index in [1.807, 2.05) is 55.1 Å². The largest absolute Gasteiger partial charge is 0.497 e. The quantitative estimate of drug-likeness (QED) is 0.238. The van der Waals surface area contributed by atoms with E-state index in [2.05, 4.69) is 4.90 Å². The Morgan fingerprint density at radius 3 is 2.27 bits per heavy atom. The van der Waals surface area contributed by atoms with Gasteiger partial charge in [0.05, 0.1) is 30.5 Å². The van der Waals surface area contributed by atoms with Gasteiger partial charge in [-0.3, -0.25) is 14.9 Å². The SMILES string of the molecule is COc1ccc(-c2cc(C(=O)N3CCN(c4ccc([N+](=O)[O-])cc4)CC3)n(-c3cc(C)ccc3C)n2)c(OC)c1. The molecule has 3 aromatic carbocycles. The van der Waals surface area contributed by atoms with E-state index < -0.39 is 4.92 Å². The van der Waals surface area contributed by atoms with Crippen molar-refractivity contribution in [1.82, 2.24) is 14.7 Å².